The number of hydrogen-bond donors (Lipinski definition) is 1. The minimum atomic E-state index is -0.809. The summed E-state index contributed by atoms with van der Waals surface area (Å²) in [4.78, 5) is 30.2. The molecule has 1 N–H and O–H groups in total. The van der Waals surface area contributed by atoms with Crippen molar-refractivity contribution in [1.82, 2.24) is 9.80 Å². The molecule has 4 rings (SSSR count). The standard InChI is InChI=1S/C26H29ClN2O6/c1-33-19-8-9-20(21(16-19)34-2)23-22(24(30)17-4-6-18(27)7-5-17)25(31)26(32)29(23)11-3-10-28-12-14-35-15-13-28/h4-9,16,23,30H,3,10-15H2,1-2H3/t23-/m1/s1. The predicted molar refractivity (Wildman–Crippen MR) is 132 cm³/mol. The average molecular weight is 501 g/mol. The number of aliphatic hydroxyl groups is 1. The molecule has 9 heteroatoms. The van der Waals surface area contributed by atoms with Gasteiger partial charge in [0.2, 0.25) is 0 Å². The molecular formula is C26H29ClN2O6. The van der Waals surface area contributed by atoms with Crippen LogP contribution in [0.4, 0.5) is 0 Å². The maximum atomic E-state index is 13.2. The molecule has 0 spiro atoms. The van der Waals surface area contributed by atoms with Crippen LogP contribution in [0.3, 0.4) is 0 Å². The smallest absolute Gasteiger partial charge is 0.295 e. The van der Waals surface area contributed by atoms with Crippen molar-refractivity contribution in [2.45, 2.75) is 12.5 Å². The van der Waals surface area contributed by atoms with E-state index in [2.05, 4.69) is 4.90 Å². The number of methoxy groups -OCH3 is 2. The highest BCUT2D eigenvalue weighted by Crippen LogP contribution is 2.43. The number of carbonyl (C=O) groups is 2. The van der Waals surface area contributed by atoms with Gasteiger partial charge in [0, 0.05) is 48.4 Å². The number of morpholine rings is 1. The number of carbonyl (C=O) groups excluding carboxylic acids is 2. The van der Waals surface area contributed by atoms with Crippen LogP contribution in [-0.2, 0) is 14.3 Å². The quantitative estimate of drug-likeness (QED) is 0.337. The van der Waals surface area contributed by atoms with Gasteiger partial charge in [-0.3, -0.25) is 14.5 Å². The molecule has 8 nitrogen and oxygen atoms in total. The third-order valence-corrected chi connectivity index (χ3v) is 6.62. The molecule has 2 saturated heterocycles. The molecule has 2 aliphatic rings. The first-order chi connectivity index (χ1) is 16.9. The summed E-state index contributed by atoms with van der Waals surface area (Å²) in [6.07, 6.45) is 0.670. The Hall–Kier alpha value is -3.07. The van der Waals surface area contributed by atoms with E-state index in [9.17, 15) is 14.7 Å². The van der Waals surface area contributed by atoms with E-state index in [0.29, 0.717) is 53.8 Å². The Kier molecular flexibility index (Phi) is 7.95. The van der Waals surface area contributed by atoms with Gasteiger partial charge in [-0.2, -0.15) is 0 Å². The molecule has 35 heavy (non-hydrogen) atoms. The van der Waals surface area contributed by atoms with E-state index in [0.717, 1.165) is 19.6 Å². The van der Waals surface area contributed by atoms with E-state index in [-0.39, 0.29) is 11.3 Å². The predicted octanol–water partition coefficient (Wildman–Crippen LogP) is 3.50. The van der Waals surface area contributed by atoms with Crippen LogP contribution in [0.1, 0.15) is 23.6 Å². The summed E-state index contributed by atoms with van der Waals surface area (Å²) in [6.45, 7) is 4.18. The fourth-order valence-corrected chi connectivity index (χ4v) is 4.66. The fraction of sp³-hybridized carbons (Fsp3) is 0.385. The largest absolute Gasteiger partial charge is 0.507 e. The SMILES string of the molecule is COc1ccc([C@@H]2C(=C(O)c3ccc(Cl)cc3)C(=O)C(=O)N2CCCN2CCOCC2)c(OC)c1. The molecule has 1 amide bonds. The van der Waals surface area contributed by atoms with Gasteiger partial charge in [0.05, 0.1) is 39.0 Å². The molecule has 1 atom stereocenters. The van der Waals surface area contributed by atoms with Crippen LogP contribution in [0.25, 0.3) is 5.76 Å². The van der Waals surface area contributed by atoms with Crippen LogP contribution >= 0.6 is 11.6 Å². The second-order valence-corrected chi connectivity index (χ2v) is 8.85. The lowest BCUT2D eigenvalue weighted by Crippen LogP contribution is -2.39. The van der Waals surface area contributed by atoms with Crippen molar-refractivity contribution < 1.29 is 28.9 Å². The first-order valence-electron chi connectivity index (χ1n) is 11.5. The van der Waals surface area contributed by atoms with E-state index in [1.165, 1.54) is 12.0 Å². The molecule has 0 aliphatic carbocycles. The molecule has 0 unspecified atom stereocenters. The number of amides is 1. The van der Waals surface area contributed by atoms with Gasteiger partial charge in [0.1, 0.15) is 17.3 Å². The maximum absolute atomic E-state index is 13.2. The molecule has 2 fully saturated rings. The van der Waals surface area contributed by atoms with Crippen LogP contribution < -0.4 is 9.47 Å². The second-order valence-electron chi connectivity index (χ2n) is 8.41. The van der Waals surface area contributed by atoms with Crippen molar-refractivity contribution >= 4 is 29.1 Å². The highest BCUT2D eigenvalue weighted by Gasteiger charge is 2.46. The highest BCUT2D eigenvalue weighted by molar-refractivity contribution is 6.46. The molecule has 0 radical (unpaired) electrons. The van der Waals surface area contributed by atoms with Gasteiger partial charge in [-0.1, -0.05) is 11.6 Å². The van der Waals surface area contributed by atoms with Gasteiger partial charge in [-0.15, -0.1) is 0 Å². The van der Waals surface area contributed by atoms with Crippen molar-refractivity contribution in [3.63, 3.8) is 0 Å². The molecule has 2 heterocycles. The molecule has 2 aromatic carbocycles. The van der Waals surface area contributed by atoms with Gasteiger partial charge in [0.25, 0.3) is 11.7 Å². The van der Waals surface area contributed by atoms with Gasteiger partial charge in [0.15, 0.2) is 0 Å². The molecule has 186 valence electrons. The van der Waals surface area contributed by atoms with E-state index >= 15 is 0 Å². The molecule has 0 bridgehead atoms. The Bertz CT molecular complexity index is 1110. The average Bonchev–Trinajstić information content (AvgIpc) is 3.13. The zero-order valence-electron chi connectivity index (χ0n) is 19.8. The Morgan fingerprint density at radius 3 is 2.43 bits per heavy atom. The number of likely N-dealkylation sites (tertiary alicyclic amines) is 1. The van der Waals surface area contributed by atoms with E-state index in [4.69, 9.17) is 25.8 Å². The normalized spacial score (nSPS) is 20.3. The zero-order chi connectivity index (χ0) is 24.9. The lowest BCUT2D eigenvalue weighted by molar-refractivity contribution is -0.140. The topological polar surface area (TPSA) is 88.5 Å². The van der Waals surface area contributed by atoms with Gasteiger partial charge < -0.3 is 24.2 Å². The first kappa shape index (κ1) is 25.0. The van der Waals surface area contributed by atoms with Crippen molar-refractivity contribution in [1.29, 1.82) is 0 Å². The van der Waals surface area contributed by atoms with E-state index < -0.39 is 17.7 Å². The lowest BCUT2D eigenvalue weighted by atomic mass is 9.94. The Labute approximate surface area is 209 Å². The summed E-state index contributed by atoms with van der Waals surface area (Å²) in [5, 5.41) is 11.7. The van der Waals surface area contributed by atoms with Crippen molar-refractivity contribution in [3.8, 4) is 11.5 Å². The third kappa shape index (κ3) is 5.29. The number of ketones is 1. The fourth-order valence-electron chi connectivity index (χ4n) is 4.53. The number of ether oxygens (including phenoxy) is 3. The van der Waals surface area contributed by atoms with Gasteiger partial charge in [-0.25, -0.2) is 0 Å². The number of rotatable bonds is 8. The number of aliphatic hydroxyl groups excluding tert-OH is 1. The molecule has 2 aromatic rings. The first-order valence-corrected chi connectivity index (χ1v) is 11.9. The summed E-state index contributed by atoms with van der Waals surface area (Å²) in [7, 11) is 3.06. The summed E-state index contributed by atoms with van der Waals surface area (Å²) in [5.74, 6) is -0.598. The molecular weight excluding hydrogens is 472 g/mol. The summed E-state index contributed by atoms with van der Waals surface area (Å²) < 4.78 is 16.3. The summed E-state index contributed by atoms with van der Waals surface area (Å²) in [5.41, 5.74) is 1.01. The maximum Gasteiger partial charge on any atom is 0.295 e. The minimum Gasteiger partial charge on any atom is -0.507 e. The van der Waals surface area contributed by atoms with Crippen LogP contribution in [0, 0.1) is 0 Å². The van der Waals surface area contributed by atoms with Crippen molar-refractivity contribution in [2.75, 3.05) is 53.6 Å². The Morgan fingerprint density at radius 2 is 1.77 bits per heavy atom. The highest BCUT2D eigenvalue weighted by atomic mass is 35.5. The lowest BCUT2D eigenvalue weighted by Gasteiger charge is -2.29. The number of halogens is 1. The Morgan fingerprint density at radius 1 is 1.06 bits per heavy atom. The summed E-state index contributed by atoms with van der Waals surface area (Å²) in [6, 6.07) is 10.9. The third-order valence-electron chi connectivity index (χ3n) is 6.37. The van der Waals surface area contributed by atoms with Crippen LogP contribution in [0.15, 0.2) is 48.0 Å². The van der Waals surface area contributed by atoms with Crippen LogP contribution in [0.5, 0.6) is 11.5 Å². The van der Waals surface area contributed by atoms with Gasteiger partial charge >= 0.3 is 0 Å². The van der Waals surface area contributed by atoms with Crippen molar-refractivity contribution in [3.05, 3.63) is 64.2 Å². The molecule has 0 aromatic heterocycles. The zero-order valence-corrected chi connectivity index (χ0v) is 20.6. The number of Topliss-reactive ketones (excluding diaryl/α,β-unsaturated/α-hetero) is 1. The van der Waals surface area contributed by atoms with E-state index in [1.807, 2.05) is 0 Å². The monoisotopic (exact) mass is 500 g/mol. The Balaban J connectivity index is 1.73. The van der Waals surface area contributed by atoms with E-state index in [1.54, 1.807) is 49.6 Å². The van der Waals surface area contributed by atoms with Crippen molar-refractivity contribution in [2.24, 2.45) is 0 Å². The number of hydrogen-bond acceptors (Lipinski definition) is 7. The number of nitrogens with zero attached hydrogens (tertiary/aromatic N) is 2. The molecule has 2 aliphatic heterocycles. The van der Waals surface area contributed by atoms with Gasteiger partial charge in [-0.05, 0) is 42.8 Å². The second kappa shape index (κ2) is 11.1. The summed E-state index contributed by atoms with van der Waals surface area (Å²) >= 11 is 6.00. The van der Waals surface area contributed by atoms with Crippen LogP contribution in [-0.4, -0.2) is 80.2 Å². The minimum absolute atomic E-state index is 0.0205. The molecule has 0 saturated carbocycles. The van der Waals surface area contributed by atoms with Crippen LogP contribution in [0.2, 0.25) is 5.02 Å². The number of benzene rings is 2.